The predicted molar refractivity (Wildman–Crippen MR) is 122 cm³/mol. The SMILES string of the molecule is CC1CCCC(C)N1C(CC(N)=O)c1cc(C(=O)O)cc2nc3c(c(Cl)c12)CCCC3. The van der Waals surface area contributed by atoms with Crippen LogP contribution in [0, 0.1) is 0 Å². The number of likely N-dealkylation sites (tertiary alicyclic amines) is 1. The number of amides is 1. The molecular formula is C24H30ClN3O3. The van der Waals surface area contributed by atoms with Crippen molar-refractivity contribution in [2.75, 3.05) is 0 Å². The lowest BCUT2D eigenvalue weighted by molar-refractivity contribution is -0.120. The average Bonchev–Trinajstić information content (AvgIpc) is 2.72. The third kappa shape index (κ3) is 4.15. The Labute approximate surface area is 187 Å². The number of nitrogens with zero attached hydrogens (tertiary/aromatic N) is 2. The van der Waals surface area contributed by atoms with E-state index in [1.54, 1.807) is 12.1 Å². The number of fused-ring (bicyclic) bond motifs is 2. The molecule has 0 saturated carbocycles. The van der Waals surface area contributed by atoms with Gasteiger partial charge in [0.15, 0.2) is 0 Å². The summed E-state index contributed by atoms with van der Waals surface area (Å²) in [5, 5.41) is 11.2. The number of halogens is 1. The summed E-state index contributed by atoms with van der Waals surface area (Å²) < 4.78 is 0. The molecule has 2 heterocycles. The van der Waals surface area contributed by atoms with Gasteiger partial charge in [-0.25, -0.2) is 4.79 Å². The Hall–Kier alpha value is -2.18. The molecule has 4 rings (SSSR count). The maximum Gasteiger partial charge on any atom is 0.335 e. The van der Waals surface area contributed by atoms with Crippen molar-refractivity contribution in [2.45, 2.75) is 83.3 Å². The Balaban J connectivity index is 1.99. The van der Waals surface area contributed by atoms with Gasteiger partial charge < -0.3 is 10.8 Å². The lowest BCUT2D eigenvalue weighted by Crippen LogP contribution is -2.47. The van der Waals surface area contributed by atoms with Crippen molar-refractivity contribution in [1.29, 1.82) is 0 Å². The number of aromatic nitrogens is 1. The predicted octanol–water partition coefficient (Wildman–Crippen LogP) is 4.64. The van der Waals surface area contributed by atoms with Crippen molar-refractivity contribution in [2.24, 2.45) is 5.73 Å². The molecule has 1 aromatic heterocycles. The van der Waals surface area contributed by atoms with Crippen molar-refractivity contribution in [3.63, 3.8) is 0 Å². The minimum Gasteiger partial charge on any atom is -0.478 e. The Bertz CT molecular complexity index is 1030. The molecule has 0 spiro atoms. The van der Waals surface area contributed by atoms with Gasteiger partial charge in [-0.15, -0.1) is 0 Å². The van der Waals surface area contributed by atoms with Gasteiger partial charge in [0, 0.05) is 35.6 Å². The number of carbonyl (C=O) groups excluding carboxylic acids is 1. The van der Waals surface area contributed by atoms with Crippen LogP contribution >= 0.6 is 11.6 Å². The number of hydrogen-bond acceptors (Lipinski definition) is 4. The monoisotopic (exact) mass is 443 g/mol. The molecule has 2 aliphatic rings. The van der Waals surface area contributed by atoms with Gasteiger partial charge in [-0.3, -0.25) is 14.7 Å². The molecule has 0 bridgehead atoms. The Morgan fingerprint density at radius 2 is 1.87 bits per heavy atom. The number of carboxylic acids is 1. The van der Waals surface area contributed by atoms with E-state index in [-0.39, 0.29) is 30.1 Å². The van der Waals surface area contributed by atoms with Gasteiger partial charge in [-0.05, 0) is 75.6 Å². The number of aromatic carboxylic acids is 1. The summed E-state index contributed by atoms with van der Waals surface area (Å²) in [4.78, 5) is 31.3. The Morgan fingerprint density at radius 3 is 2.52 bits per heavy atom. The molecule has 1 aliphatic carbocycles. The summed E-state index contributed by atoms with van der Waals surface area (Å²) >= 11 is 6.97. The zero-order valence-electron chi connectivity index (χ0n) is 18.2. The third-order valence-corrected chi connectivity index (χ3v) is 7.37. The highest BCUT2D eigenvalue weighted by Crippen LogP contribution is 2.42. The first-order valence-corrected chi connectivity index (χ1v) is 11.6. The van der Waals surface area contributed by atoms with Gasteiger partial charge in [0.2, 0.25) is 5.91 Å². The van der Waals surface area contributed by atoms with E-state index in [2.05, 4.69) is 18.7 Å². The summed E-state index contributed by atoms with van der Waals surface area (Å²) in [6, 6.07) is 3.44. The average molecular weight is 444 g/mol. The van der Waals surface area contributed by atoms with Crippen molar-refractivity contribution in [1.82, 2.24) is 9.88 Å². The second kappa shape index (κ2) is 8.75. The smallest absolute Gasteiger partial charge is 0.335 e. The fourth-order valence-corrected chi connectivity index (χ4v) is 5.94. The molecular weight excluding hydrogens is 414 g/mol. The second-order valence-electron chi connectivity index (χ2n) is 9.09. The third-order valence-electron chi connectivity index (χ3n) is 6.95. The van der Waals surface area contributed by atoms with Crippen LogP contribution in [-0.4, -0.2) is 39.0 Å². The van der Waals surface area contributed by atoms with Crippen LogP contribution in [0.1, 0.15) is 85.6 Å². The highest BCUT2D eigenvalue weighted by molar-refractivity contribution is 6.36. The molecule has 1 fully saturated rings. The van der Waals surface area contributed by atoms with Crippen LogP contribution in [0.25, 0.3) is 10.9 Å². The highest BCUT2D eigenvalue weighted by atomic mass is 35.5. The van der Waals surface area contributed by atoms with Crippen LogP contribution in [0.4, 0.5) is 0 Å². The summed E-state index contributed by atoms with van der Waals surface area (Å²) in [5.74, 6) is -1.43. The van der Waals surface area contributed by atoms with Crippen LogP contribution in [-0.2, 0) is 17.6 Å². The van der Waals surface area contributed by atoms with E-state index < -0.39 is 11.9 Å². The molecule has 6 nitrogen and oxygen atoms in total. The van der Waals surface area contributed by atoms with Crippen molar-refractivity contribution in [3.05, 3.63) is 39.5 Å². The van der Waals surface area contributed by atoms with Gasteiger partial charge in [0.05, 0.1) is 16.1 Å². The molecule has 1 aliphatic heterocycles. The quantitative estimate of drug-likeness (QED) is 0.701. The van der Waals surface area contributed by atoms with Crippen molar-refractivity contribution in [3.8, 4) is 0 Å². The lowest BCUT2D eigenvalue weighted by atomic mass is 9.87. The van der Waals surface area contributed by atoms with Gasteiger partial charge in [0.1, 0.15) is 0 Å². The molecule has 3 unspecified atom stereocenters. The topological polar surface area (TPSA) is 96.5 Å². The van der Waals surface area contributed by atoms with Crippen LogP contribution in [0.3, 0.4) is 0 Å². The zero-order valence-corrected chi connectivity index (χ0v) is 18.9. The van der Waals surface area contributed by atoms with E-state index in [0.717, 1.165) is 67.2 Å². The molecule has 7 heteroatoms. The number of benzene rings is 1. The molecule has 31 heavy (non-hydrogen) atoms. The van der Waals surface area contributed by atoms with Gasteiger partial charge >= 0.3 is 5.97 Å². The van der Waals surface area contributed by atoms with E-state index in [4.69, 9.17) is 22.3 Å². The minimum atomic E-state index is -1.02. The maximum atomic E-state index is 12.1. The Kier molecular flexibility index (Phi) is 6.22. The van der Waals surface area contributed by atoms with Crippen molar-refractivity contribution >= 4 is 34.4 Å². The van der Waals surface area contributed by atoms with E-state index >= 15 is 0 Å². The fourth-order valence-electron chi connectivity index (χ4n) is 5.53. The number of carbonyl (C=O) groups is 2. The zero-order chi connectivity index (χ0) is 22.3. The van der Waals surface area contributed by atoms with Crippen LogP contribution in [0.2, 0.25) is 5.02 Å². The normalized spacial score (nSPS) is 22.8. The first-order valence-electron chi connectivity index (χ1n) is 11.2. The van der Waals surface area contributed by atoms with E-state index in [1.807, 2.05) is 0 Å². The number of aryl methyl sites for hydroxylation is 1. The summed E-state index contributed by atoms with van der Waals surface area (Å²) in [6.45, 7) is 4.32. The molecule has 2 aromatic rings. The number of piperidine rings is 1. The highest BCUT2D eigenvalue weighted by Gasteiger charge is 2.35. The molecule has 166 valence electrons. The van der Waals surface area contributed by atoms with E-state index in [9.17, 15) is 14.7 Å². The van der Waals surface area contributed by atoms with E-state index in [0.29, 0.717) is 10.5 Å². The largest absolute Gasteiger partial charge is 0.478 e. The standard InChI is InChI=1S/C24H30ClN3O3/c1-13-6-5-7-14(2)28(13)20(12-21(26)29)17-10-15(24(30)31)11-19-22(17)23(25)16-8-3-4-9-18(16)27-19/h10-11,13-14,20H,3-9,12H2,1-2H3,(H2,26,29)(H,30,31). The summed E-state index contributed by atoms with van der Waals surface area (Å²) in [6.07, 6.45) is 7.13. The molecule has 1 amide bonds. The number of rotatable bonds is 5. The number of primary amides is 1. The first kappa shape index (κ1) is 22.0. The molecule has 1 aromatic carbocycles. The van der Waals surface area contributed by atoms with Crippen LogP contribution in [0.5, 0.6) is 0 Å². The number of carboxylic acid groups (broad SMARTS) is 1. The summed E-state index contributed by atoms with van der Waals surface area (Å²) in [7, 11) is 0. The van der Waals surface area contributed by atoms with Crippen LogP contribution in [0.15, 0.2) is 12.1 Å². The molecule has 1 saturated heterocycles. The maximum absolute atomic E-state index is 12.1. The van der Waals surface area contributed by atoms with E-state index in [1.165, 1.54) is 0 Å². The minimum absolute atomic E-state index is 0.111. The first-order chi connectivity index (χ1) is 14.8. The molecule has 0 radical (unpaired) electrons. The second-order valence-corrected chi connectivity index (χ2v) is 9.46. The van der Waals surface area contributed by atoms with Gasteiger partial charge in [-0.1, -0.05) is 18.0 Å². The lowest BCUT2D eigenvalue weighted by Gasteiger charge is -2.44. The van der Waals surface area contributed by atoms with Gasteiger partial charge in [0.25, 0.3) is 0 Å². The summed E-state index contributed by atoms with van der Waals surface area (Å²) in [5.41, 5.74) is 9.21. The Morgan fingerprint density at radius 1 is 1.19 bits per heavy atom. The molecule has 3 N–H and O–H groups in total. The van der Waals surface area contributed by atoms with Crippen LogP contribution < -0.4 is 5.73 Å². The van der Waals surface area contributed by atoms with Crippen molar-refractivity contribution < 1.29 is 14.7 Å². The molecule has 3 atom stereocenters. The van der Waals surface area contributed by atoms with Gasteiger partial charge in [-0.2, -0.15) is 0 Å². The number of nitrogens with two attached hydrogens (primary N) is 1. The number of hydrogen-bond donors (Lipinski definition) is 2. The number of pyridine rings is 1. The fraction of sp³-hybridized carbons (Fsp3) is 0.542.